The van der Waals surface area contributed by atoms with Crippen LogP contribution in [0.1, 0.15) is 29.3 Å². The number of benzene rings is 2. The van der Waals surface area contributed by atoms with E-state index in [2.05, 4.69) is 5.16 Å². The van der Waals surface area contributed by atoms with Crippen molar-refractivity contribution in [1.82, 2.24) is 5.16 Å². The lowest BCUT2D eigenvalue weighted by molar-refractivity contribution is 0.426. The fourth-order valence-corrected chi connectivity index (χ4v) is 4.82. The first-order chi connectivity index (χ1) is 12.8. The zero-order valence-corrected chi connectivity index (χ0v) is 17.1. The molecule has 0 bridgehead atoms. The summed E-state index contributed by atoms with van der Waals surface area (Å²) in [6.07, 6.45) is 0. The number of aromatic nitrogens is 1. The summed E-state index contributed by atoms with van der Waals surface area (Å²) < 4.78 is 33.8. The van der Waals surface area contributed by atoms with E-state index in [-0.39, 0.29) is 4.90 Å². The fraction of sp³-hybridized carbons (Fsp3) is 0.286. The second-order valence-electron chi connectivity index (χ2n) is 6.71. The van der Waals surface area contributed by atoms with Gasteiger partial charge in [0.15, 0.2) is 5.76 Å². The van der Waals surface area contributed by atoms with Crippen LogP contribution in [-0.4, -0.2) is 20.1 Å². The fourth-order valence-electron chi connectivity index (χ4n) is 3.10. The summed E-state index contributed by atoms with van der Waals surface area (Å²) in [6.45, 7) is 9.72. The largest absolute Gasteiger partial charge is 0.356 e. The van der Waals surface area contributed by atoms with Crippen molar-refractivity contribution in [3.63, 3.8) is 0 Å². The third kappa shape index (κ3) is 3.49. The minimum absolute atomic E-state index is 0.275. The standard InChI is InChI=1S/C21H24N2O3S/c1-6-23(19-9-7-8-14(2)12-19)27(24,25)20-13-18(11-10-15(20)3)21-16(4)17(5)22-26-21/h7-13H,6H2,1-5H3. The molecule has 0 spiro atoms. The summed E-state index contributed by atoms with van der Waals surface area (Å²) in [5, 5.41) is 3.98. The SMILES string of the molecule is CCN(c1cccc(C)c1)S(=O)(=O)c1cc(-c2onc(C)c2C)ccc1C. The Bertz CT molecular complexity index is 1080. The predicted molar refractivity (Wildman–Crippen MR) is 108 cm³/mol. The normalized spacial score (nSPS) is 11.6. The van der Waals surface area contributed by atoms with Crippen LogP contribution in [0.25, 0.3) is 11.3 Å². The molecule has 0 saturated carbocycles. The molecule has 2 aromatic carbocycles. The quantitative estimate of drug-likeness (QED) is 0.634. The van der Waals surface area contributed by atoms with Crippen molar-refractivity contribution in [2.24, 2.45) is 0 Å². The first-order valence-corrected chi connectivity index (χ1v) is 10.3. The second kappa shape index (κ2) is 7.19. The molecular formula is C21H24N2O3S. The number of anilines is 1. The molecule has 142 valence electrons. The average Bonchev–Trinajstić information content (AvgIpc) is 2.95. The summed E-state index contributed by atoms with van der Waals surface area (Å²) >= 11 is 0. The molecular weight excluding hydrogens is 360 g/mol. The second-order valence-corrected chi connectivity index (χ2v) is 8.54. The van der Waals surface area contributed by atoms with Crippen LogP contribution < -0.4 is 4.31 Å². The van der Waals surface area contributed by atoms with Crippen LogP contribution in [0, 0.1) is 27.7 Å². The van der Waals surface area contributed by atoms with Crippen molar-refractivity contribution in [2.45, 2.75) is 39.5 Å². The van der Waals surface area contributed by atoms with Crippen molar-refractivity contribution in [3.8, 4) is 11.3 Å². The lowest BCUT2D eigenvalue weighted by Gasteiger charge is -2.24. The van der Waals surface area contributed by atoms with Gasteiger partial charge in [-0.25, -0.2) is 8.42 Å². The van der Waals surface area contributed by atoms with Gasteiger partial charge in [-0.3, -0.25) is 4.31 Å². The van der Waals surface area contributed by atoms with Crippen LogP contribution in [0.5, 0.6) is 0 Å². The van der Waals surface area contributed by atoms with E-state index < -0.39 is 10.0 Å². The van der Waals surface area contributed by atoms with Crippen LogP contribution in [0.15, 0.2) is 51.9 Å². The van der Waals surface area contributed by atoms with Crippen molar-refractivity contribution < 1.29 is 12.9 Å². The number of hydrogen-bond donors (Lipinski definition) is 0. The summed E-state index contributed by atoms with van der Waals surface area (Å²) in [6, 6.07) is 12.9. The summed E-state index contributed by atoms with van der Waals surface area (Å²) in [4.78, 5) is 0.275. The monoisotopic (exact) mass is 384 g/mol. The summed E-state index contributed by atoms with van der Waals surface area (Å²) in [7, 11) is -3.72. The zero-order chi connectivity index (χ0) is 19.8. The maximum absolute atomic E-state index is 13.4. The minimum atomic E-state index is -3.72. The third-order valence-corrected chi connectivity index (χ3v) is 6.80. The molecule has 6 heteroatoms. The molecule has 0 N–H and O–H groups in total. The molecule has 0 saturated heterocycles. The smallest absolute Gasteiger partial charge is 0.264 e. The highest BCUT2D eigenvalue weighted by Gasteiger charge is 2.26. The Labute approximate surface area is 160 Å². The Hall–Kier alpha value is -2.60. The molecule has 0 aliphatic heterocycles. The number of nitrogens with zero attached hydrogens (tertiary/aromatic N) is 2. The van der Waals surface area contributed by atoms with Gasteiger partial charge in [0.25, 0.3) is 10.0 Å². The lowest BCUT2D eigenvalue weighted by Crippen LogP contribution is -2.31. The number of rotatable bonds is 5. The van der Waals surface area contributed by atoms with Crippen molar-refractivity contribution in [1.29, 1.82) is 0 Å². The molecule has 0 aliphatic rings. The van der Waals surface area contributed by atoms with E-state index in [0.717, 1.165) is 16.8 Å². The molecule has 5 nitrogen and oxygen atoms in total. The van der Waals surface area contributed by atoms with Crippen molar-refractivity contribution >= 4 is 15.7 Å². The number of aryl methyl sites for hydroxylation is 3. The molecule has 0 atom stereocenters. The Morgan fingerprint density at radius 1 is 1.04 bits per heavy atom. The van der Waals surface area contributed by atoms with Gasteiger partial charge in [0.1, 0.15) is 0 Å². The van der Waals surface area contributed by atoms with Crippen LogP contribution in [-0.2, 0) is 10.0 Å². The van der Waals surface area contributed by atoms with E-state index in [0.29, 0.717) is 29.1 Å². The molecule has 0 aliphatic carbocycles. The van der Waals surface area contributed by atoms with Gasteiger partial charge in [0.05, 0.1) is 16.3 Å². The highest BCUT2D eigenvalue weighted by atomic mass is 32.2. The summed E-state index contributed by atoms with van der Waals surface area (Å²) in [5.74, 6) is 0.600. The molecule has 3 aromatic rings. The molecule has 1 aromatic heterocycles. The van der Waals surface area contributed by atoms with Gasteiger partial charge in [-0.2, -0.15) is 0 Å². The maximum atomic E-state index is 13.4. The van der Waals surface area contributed by atoms with Crippen LogP contribution >= 0.6 is 0 Å². The Morgan fingerprint density at radius 2 is 1.78 bits per heavy atom. The van der Waals surface area contributed by atoms with Gasteiger partial charge in [0, 0.05) is 17.7 Å². The molecule has 27 heavy (non-hydrogen) atoms. The molecule has 0 fully saturated rings. The maximum Gasteiger partial charge on any atom is 0.264 e. The Balaban J connectivity index is 2.13. The molecule has 1 heterocycles. The molecule has 0 radical (unpaired) electrons. The van der Waals surface area contributed by atoms with Gasteiger partial charge in [-0.05, 0) is 63.9 Å². The van der Waals surface area contributed by atoms with Crippen molar-refractivity contribution in [2.75, 3.05) is 10.8 Å². The van der Waals surface area contributed by atoms with E-state index in [1.54, 1.807) is 13.0 Å². The van der Waals surface area contributed by atoms with Gasteiger partial charge < -0.3 is 4.52 Å². The highest BCUT2D eigenvalue weighted by molar-refractivity contribution is 7.92. The zero-order valence-electron chi connectivity index (χ0n) is 16.3. The third-order valence-electron chi connectivity index (χ3n) is 4.75. The number of sulfonamides is 1. The minimum Gasteiger partial charge on any atom is -0.356 e. The van der Waals surface area contributed by atoms with Gasteiger partial charge in [-0.15, -0.1) is 0 Å². The van der Waals surface area contributed by atoms with E-state index in [9.17, 15) is 8.42 Å². The predicted octanol–water partition coefficient (Wildman–Crippen LogP) is 4.79. The van der Waals surface area contributed by atoms with Gasteiger partial charge >= 0.3 is 0 Å². The van der Waals surface area contributed by atoms with Gasteiger partial charge in [-0.1, -0.05) is 29.4 Å². The highest BCUT2D eigenvalue weighted by Crippen LogP contribution is 2.32. The topological polar surface area (TPSA) is 63.4 Å². The van der Waals surface area contributed by atoms with E-state index in [4.69, 9.17) is 4.52 Å². The summed E-state index contributed by atoms with van der Waals surface area (Å²) in [5.41, 5.74) is 4.78. The van der Waals surface area contributed by atoms with E-state index >= 15 is 0 Å². The average molecular weight is 385 g/mol. The van der Waals surface area contributed by atoms with Crippen LogP contribution in [0.3, 0.4) is 0 Å². The van der Waals surface area contributed by atoms with Crippen LogP contribution in [0.2, 0.25) is 0 Å². The molecule has 3 rings (SSSR count). The first-order valence-electron chi connectivity index (χ1n) is 8.89. The number of hydrogen-bond acceptors (Lipinski definition) is 4. The van der Waals surface area contributed by atoms with Gasteiger partial charge in [0.2, 0.25) is 0 Å². The van der Waals surface area contributed by atoms with Crippen LogP contribution in [0.4, 0.5) is 5.69 Å². The Kier molecular flexibility index (Phi) is 5.11. The molecule has 0 unspecified atom stereocenters. The van der Waals surface area contributed by atoms with E-state index in [1.807, 2.05) is 64.1 Å². The molecule has 0 amide bonds. The van der Waals surface area contributed by atoms with Crippen molar-refractivity contribution in [3.05, 3.63) is 64.8 Å². The Morgan fingerprint density at radius 3 is 2.37 bits per heavy atom. The van der Waals surface area contributed by atoms with E-state index in [1.165, 1.54) is 4.31 Å². The lowest BCUT2D eigenvalue weighted by atomic mass is 10.1. The first kappa shape index (κ1) is 19.2.